The lowest BCUT2D eigenvalue weighted by molar-refractivity contribution is 0.104. The Morgan fingerprint density at radius 2 is 1.87 bits per heavy atom. The number of ketones is 1. The molecular formula is C25H20ClNO3. The molecule has 2 heterocycles. The number of benzene rings is 2. The van der Waals surface area contributed by atoms with E-state index in [9.17, 15) is 4.79 Å². The quantitative estimate of drug-likeness (QED) is 0.254. The zero-order valence-electron chi connectivity index (χ0n) is 16.4. The van der Waals surface area contributed by atoms with Gasteiger partial charge in [-0.15, -0.1) is 0 Å². The van der Waals surface area contributed by atoms with E-state index >= 15 is 0 Å². The van der Waals surface area contributed by atoms with Gasteiger partial charge in [0, 0.05) is 34.2 Å². The third-order valence-electron chi connectivity index (χ3n) is 4.70. The van der Waals surface area contributed by atoms with Gasteiger partial charge in [0.25, 0.3) is 0 Å². The lowest BCUT2D eigenvalue weighted by atomic mass is 10.1. The first-order chi connectivity index (χ1) is 14.6. The summed E-state index contributed by atoms with van der Waals surface area (Å²) in [5, 5.41) is 0.662. The molecule has 0 fully saturated rings. The van der Waals surface area contributed by atoms with Gasteiger partial charge < -0.3 is 13.7 Å². The Hall–Kier alpha value is -3.50. The highest BCUT2D eigenvalue weighted by Gasteiger charge is 2.07. The van der Waals surface area contributed by atoms with Crippen molar-refractivity contribution in [2.75, 3.05) is 0 Å². The zero-order chi connectivity index (χ0) is 20.9. The number of hydrogen-bond donors (Lipinski definition) is 0. The fraction of sp³-hybridized carbons (Fsp3) is 0.0800. The van der Waals surface area contributed by atoms with E-state index in [4.69, 9.17) is 20.8 Å². The highest BCUT2D eigenvalue weighted by molar-refractivity contribution is 6.31. The Bertz CT molecular complexity index is 1190. The van der Waals surface area contributed by atoms with Gasteiger partial charge in [-0.25, -0.2) is 0 Å². The Labute approximate surface area is 180 Å². The molecule has 5 heteroatoms. The molecule has 0 saturated carbocycles. The summed E-state index contributed by atoms with van der Waals surface area (Å²) in [5.41, 5.74) is 2.44. The number of rotatable bonds is 7. The SMILES string of the molecule is Cc1c(Cl)cccc1OCc1ccc(/C=C/C(=O)c2cccc(-n3cccc3)c2)o1. The van der Waals surface area contributed by atoms with Crippen LogP contribution in [0.25, 0.3) is 11.8 Å². The monoisotopic (exact) mass is 417 g/mol. The van der Waals surface area contributed by atoms with Gasteiger partial charge in [0.2, 0.25) is 0 Å². The molecule has 4 nitrogen and oxygen atoms in total. The van der Waals surface area contributed by atoms with Crippen LogP contribution in [0.2, 0.25) is 5.02 Å². The summed E-state index contributed by atoms with van der Waals surface area (Å²) >= 11 is 6.11. The fourth-order valence-corrected chi connectivity index (χ4v) is 3.20. The number of aromatic nitrogens is 1. The van der Waals surface area contributed by atoms with E-state index in [0.717, 1.165) is 11.3 Å². The molecule has 30 heavy (non-hydrogen) atoms. The Morgan fingerprint density at radius 3 is 2.70 bits per heavy atom. The lowest BCUT2D eigenvalue weighted by Gasteiger charge is -2.08. The van der Waals surface area contributed by atoms with Crippen LogP contribution in [0, 0.1) is 6.92 Å². The first kappa shape index (κ1) is 19.8. The van der Waals surface area contributed by atoms with Crippen molar-refractivity contribution in [1.82, 2.24) is 4.57 Å². The number of hydrogen-bond acceptors (Lipinski definition) is 3. The number of nitrogens with zero attached hydrogens (tertiary/aromatic N) is 1. The summed E-state index contributed by atoms with van der Waals surface area (Å²) in [4.78, 5) is 12.6. The van der Waals surface area contributed by atoms with Crippen molar-refractivity contribution in [3.05, 3.63) is 113 Å². The minimum atomic E-state index is -0.0900. The molecule has 0 N–H and O–H groups in total. The van der Waals surface area contributed by atoms with Gasteiger partial charge in [0.05, 0.1) is 0 Å². The van der Waals surface area contributed by atoms with Crippen molar-refractivity contribution in [3.63, 3.8) is 0 Å². The van der Waals surface area contributed by atoms with E-state index in [-0.39, 0.29) is 12.4 Å². The first-order valence-electron chi connectivity index (χ1n) is 9.52. The molecule has 2 aromatic heterocycles. The van der Waals surface area contributed by atoms with Gasteiger partial charge in [-0.1, -0.05) is 29.8 Å². The minimum Gasteiger partial charge on any atom is -0.485 e. The summed E-state index contributed by atoms with van der Waals surface area (Å²) in [6, 6.07) is 20.6. The Kier molecular flexibility index (Phi) is 5.87. The molecule has 0 bridgehead atoms. The third kappa shape index (κ3) is 4.56. The van der Waals surface area contributed by atoms with Crippen LogP contribution in [0.1, 0.15) is 27.4 Å². The number of furan rings is 1. The van der Waals surface area contributed by atoms with Crippen molar-refractivity contribution >= 4 is 23.5 Å². The standard InChI is InChI=1S/C25H20ClNO3/c1-18-23(26)8-5-9-25(18)29-17-22-11-10-21(30-22)12-13-24(28)19-6-4-7-20(16-19)27-14-2-3-15-27/h2-16H,17H2,1H3/b13-12+. The molecule has 2 aromatic carbocycles. The van der Waals surface area contributed by atoms with Gasteiger partial charge in [-0.2, -0.15) is 0 Å². The second kappa shape index (κ2) is 8.89. The highest BCUT2D eigenvalue weighted by Crippen LogP contribution is 2.26. The molecule has 0 amide bonds. The van der Waals surface area contributed by atoms with Gasteiger partial charge >= 0.3 is 0 Å². The van der Waals surface area contributed by atoms with Gasteiger partial charge in [0.15, 0.2) is 5.78 Å². The average Bonchev–Trinajstić information content (AvgIpc) is 3.45. The van der Waals surface area contributed by atoms with Crippen LogP contribution in [0.5, 0.6) is 5.75 Å². The zero-order valence-corrected chi connectivity index (χ0v) is 17.2. The molecule has 0 aliphatic carbocycles. The van der Waals surface area contributed by atoms with E-state index < -0.39 is 0 Å². The summed E-state index contributed by atoms with van der Waals surface area (Å²) in [7, 11) is 0. The fourth-order valence-electron chi connectivity index (χ4n) is 3.04. The summed E-state index contributed by atoms with van der Waals surface area (Å²) in [6.07, 6.45) is 7.06. The van der Waals surface area contributed by atoms with Gasteiger partial charge in [0.1, 0.15) is 23.9 Å². The average molecular weight is 418 g/mol. The van der Waals surface area contributed by atoms with Crippen LogP contribution in [0.3, 0.4) is 0 Å². The number of carbonyl (C=O) groups excluding carboxylic acids is 1. The molecule has 0 aliphatic rings. The number of ether oxygens (including phenoxy) is 1. The second-order valence-corrected chi connectivity index (χ2v) is 7.20. The molecule has 0 unspecified atom stereocenters. The molecule has 0 spiro atoms. The molecule has 0 aliphatic heterocycles. The van der Waals surface area contributed by atoms with Crippen molar-refractivity contribution in [2.45, 2.75) is 13.5 Å². The first-order valence-corrected chi connectivity index (χ1v) is 9.90. The van der Waals surface area contributed by atoms with E-state index in [0.29, 0.717) is 27.9 Å². The van der Waals surface area contributed by atoms with Crippen molar-refractivity contribution < 1.29 is 13.9 Å². The summed E-state index contributed by atoms with van der Waals surface area (Å²) < 4.78 is 13.5. The highest BCUT2D eigenvalue weighted by atomic mass is 35.5. The molecule has 0 atom stereocenters. The molecule has 0 saturated heterocycles. The van der Waals surface area contributed by atoms with Crippen molar-refractivity contribution in [3.8, 4) is 11.4 Å². The number of carbonyl (C=O) groups is 1. The van der Waals surface area contributed by atoms with E-state index in [1.54, 1.807) is 12.1 Å². The van der Waals surface area contributed by atoms with Crippen LogP contribution in [-0.4, -0.2) is 10.4 Å². The molecular weight excluding hydrogens is 398 g/mol. The smallest absolute Gasteiger partial charge is 0.186 e. The van der Waals surface area contributed by atoms with Crippen LogP contribution in [-0.2, 0) is 6.61 Å². The minimum absolute atomic E-state index is 0.0900. The molecule has 4 aromatic rings. The Balaban J connectivity index is 1.40. The second-order valence-electron chi connectivity index (χ2n) is 6.79. The van der Waals surface area contributed by atoms with Gasteiger partial charge in [-0.05, 0) is 67.6 Å². The van der Waals surface area contributed by atoms with Crippen LogP contribution >= 0.6 is 11.6 Å². The van der Waals surface area contributed by atoms with Crippen molar-refractivity contribution in [2.24, 2.45) is 0 Å². The van der Waals surface area contributed by atoms with E-state index in [2.05, 4.69) is 0 Å². The van der Waals surface area contributed by atoms with E-state index in [1.807, 2.05) is 84.5 Å². The van der Waals surface area contributed by atoms with Crippen LogP contribution in [0.4, 0.5) is 0 Å². The van der Waals surface area contributed by atoms with Crippen molar-refractivity contribution in [1.29, 1.82) is 0 Å². The molecule has 150 valence electrons. The number of halogens is 1. The topological polar surface area (TPSA) is 44.4 Å². The van der Waals surface area contributed by atoms with Crippen LogP contribution in [0.15, 0.2) is 89.6 Å². The summed E-state index contributed by atoms with van der Waals surface area (Å²) in [5.74, 6) is 1.88. The largest absolute Gasteiger partial charge is 0.485 e. The number of allylic oxidation sites excluding steroid dienone is 1. The normalized spacial score (nSPS) is 11.1. The molecule has 4 rings (SSSR count). The lowest BCUT2D eigenvalue weighted by Crippen LogP contribution is -1.97. The van der Waals surface area contributed by atoms with Gasteiger partial charge in [-0.3, -0.25) is 4.79 Å². The third-order valence-corrected chi connectivity index (χ3v) is 5.11. The van der Waals surface area contributed by atoms with Crippen LogP contribution < -0.4 is 4.74 Å². The Morgan fingerprint density at radius 1 is 1.07 bits per heavy atom. The molecule has 0 radical (unpaired) electrons. The predicted octanol–water partition coefficient (Wildman–Crippen LogP) is 6.51. The maximum atomic E-state index is 12.6. The van der Waals surface area contributed by atoms with E-state index in [1.165, 1.54) is 6.08 Å². The summed E-state index contributed by atoms with van der Waals surface area (Å²) in [6.45, 7) is 2.19. The predicted molar refractivity (Wildman–Crippen MR) is 118 cm³/mol. The maximum absolute atomic E-state index is 12.6. The maximum Gasteiger partial charge on any atom is 0.186 e.